The number of carbonyl (C=O) groups excluding carboxylic acids is 1. The summed E-state index contributed by atoms with van der Waals surface area (Å²) in [4.78, 5) is 20.1. The fraction of sp³-hybridized carbons (Fsp3) is 0.273. The molecule has 4 heterocycles. The largest absolute Gasteiger partial charge is 0.453 e. The van der Waals surface area contributed by atoms with Gasteiger partial charge in [-0.3, -0.25) is 4.79 Å². The highest BCUT2D eigenvalue weighted by molar-refractivity contribution is 7.99. The second kappa shape index (κ2) is 7.42. The monoisotopic (exact) mass is 473 g/mol. The van der Waals surface area contributed by atoms with E-state index in [1.54, 1.807) is 6.07 Å². The van der Waals surface area contributed by atoms with Crippen LogP contribution < -0.4 is 16.2 Å². The Kier molecular flexibility index (Phi) is 4.59. The van der Waals surface area contributed by atoms with Crippen LogP contribution in [-0.4, -0.2) is 22.3 Å². The number of carbonyl (C=O) groups is 1. The van der Waals surface area contributed by atoms with Gasteiger partial charge in [-0.05, 0) is 54.9 Å². The highest BCUT2D eigenvalue weighted by Crippen LogP contribution is 2.44. The highest BCUT2D eigenvalue weighted by atomic mass is 32.2. The molecule has 0 spiro atoms. The fourth-order valence-electron chi connectivity index (χ4n) is 4.57. The van der Waals surface area contributed by atoms with E-state index in [0.717, 1.165) is 47.6 Å². The van der Waals surface area contributed by atoms with Crippen LogP contribution in [0.5, 0.6) is 0 Å². The van der Waals surface area contributed by atoms with Crippen LogP contribution in [0.15, 0.2) is 67.7 Å². The van der Waals surface area contributed by atoms with Gasteiger partial charge in [0.15, 0.2) is 16.0 Å². The number of dihydropyridines is 1. The smallest absolute Gasteiger partial charge is 0.416 e. The van der Waals surface area contributed by atoms with E-state index in [1.165, 1.54) is 17.8 Å². The lowest BCUT2D eigenvalue weighted by molar-refractivity contribution is -0.137. The molecule has 0 fully saturated rings. The molecule has 0 saturated heterocycles. The van der Waals surface area contributed by atoms with Gasteiger partial charge in [-0.25, -0.2) is 10.4 Å². The van der Waals surface area contributed by atoms with Crippen molar-refractivity contribution in [3.8, 4) is 0 Å². The summed E-state index contributed by atoms with van der Waals surface area (Å²) in [5.74, 6) is 1.34. The Hall–Kier alpha value is -3.18. The number of fused-ring (bicyclic) bond motifs is 1. The van der Waals surface area contributed by atoms with Crippen molar-refractivity contribution in [1.82, 2.24) is 26.1 Å². The number of allylic oxidation sites excluding steroid dienone is 2. The standard InChI is InChI=1S/C22H18F3N5O2S/c23-22(24,25)10-4-5-12-14(8-10)29-21(28-12)33-17-7-6-16(32-17)18-11-9-26-30-20(11)27-13-2-1-3-15(31)19(13)18/h4-8,18,26-27,30H,1-3,9H2,(H,28,29). The van der Waals surface area contributed by atoms with E-state index in [9.17, 15) is 18.0 Å². The molecule has 2 aromatic heterocycles. The quantitative estimate of drug-likeness (QED) is 0.450. The van der Waals surface area contributed by atoms with Gasteiger partial charge in [0.1, 0.15) is 11.6 Å². The molecule has 4 N–H and O–H groups in total. The van der Waals surface area contributed by atoms with Crippen LogP contribution in [0.3, 0.4) is 0 Å². The van der Waals surface area contributed by atoms with E-state index in [-0.39, 0.29) is 11.7 Å². The number of benzene rings is 1. The average Bonchev–Trinajstić information content (AvgIpc) is 3.50. The molecular formula is C22H18F3N5O2S. The number of Topliss-reactive ketones (excluding diaryl/α,β-unsaturated/α-hetero) is 1. The molecule has 0 bridgehead atoms. The first kappa shape index (κ1) is 20.4. The van der Waals surface area contributed by atoms with Crippen LogP contribution in [-0.2, 0) is 11.0 Å². The molecule has 1 aromatic carbocycles. The number of rotatable bonds is 3. The third kappa shape index (κ3) is 3.51. The molecule has 2 aliphatic heterocycles. The van der Waals surface area contributed by atoms with Crippen LogP contribution in [0.1, 0.15) is 36.5 Å². The summed E-state index contributed by atoms with van der Waals surface area (Å²) >= 11 is 1.19. The van der Waals surface area contributed by atoms with Crippen LogP contribution in [0.25, 0.3) is 11.0 Å². The maximum Gasteiger partial charge on any atom is 0.416 e. The van der Waals surface area contributed by atoms with Crippen LogP contribution in [0.4, 0.5) is 13.2 Å². The second-order valence-corrected chi connectivity index (χ2v) is 9.13. The molecule has 0 radical (unpaired) electrons. The Balaban J connectivity index is 1.31. The summed E-state index contributed by atoms with van der Waals surface area (Å²) in [5.41, 5.74) is 8.91. The van der Waals surface area contributed by atoms with Gasteiger partial charge in [-0.15, -0.1) is 0 Å². The van der Waals surface area contributed by atoms with Gasteiger partial charge in [0.25, 0.3) is 0 Å². The lowest BCUT2D eigenvalue weighted by Crippen LogP contribution is -2.35. The summed E-state index contributed by atoms with van der Waals surface area (Å²) in [6.07, 6.45) is -2.29. The average molecular weight is 473 g/mol. The van der Waals surface area contributed by atoms with Gasteiger partial charge in [0.2, 0.25) is 0 Å². The number of hydrazine groups is 1. The minimum atomic E-state index is -4.42. The third-order valence-electron chi connectivity index (χ3n) is 6.05. The van der Waals surface area contributed by atoms with Crippen molar-refractivity contribution >= 4 is 28.6 Å². The number of ketones is 1. The first-order chi connectivity index (χ1) is 15.9. The molecule has 1 aliphatic carbocycles. The maximum absolute atomic E-state index is 13.0. The summed E-state index contributed by atoms with van der Waals surface area (Å²) < 4.78 is 45.1. The lowest BCUT2D eigenvalue weighted by Gasteiger charge is -2.31. The number of aromatic nitrogens is 2. The Morgan fingerprint density at radius 1 is 1.15 bits per heavy atom. The molecule has 170 valence electrons. The number of alkyl halides is 3. The van der Waals surface area contributed by atoms with E-state index in [2.05, 4.69) is 26.1 Å². The zero-order valence-electron chi connectivity index (χ0n) is 17.1. The van der Waals surface area contributed by atoms with E-state index in [4.69, 9.17) is 4.42 Å². The molecule has 3 aliphatic rings. The summed E-state index contributed by atoms with van der Waals surface area (Å²) in [6.45, 7) is 0.575. The predicted molar refractivity (Wildman–Crippen MR) is 114 cm³/mol. The van der Waals surface area contributed by atoms with Gasteiger partial charge in [0, 0.05) is 29.8 Å². The minimum Gasteiger partial charge on any atom is -0.453 e. The zero-order chi connectivity index (χ0) is 22.7. The predicted octanol–water partition coefficient (Wildman–Crippen LogP) is 4.34. The SMILES string of the molecule is O=C1CCCC2=C1C(c1ccc(Sc3nc4ccc(C(F)(F)F)cc4[nH]3)o1)C1=C(NNC1)N2. The van der Waals surface area contributed by atoms with E-state index in [1.807, 2.05) is 6.07 Å². The number of hydrogen-bond donors (Lipinski definition) is 4. The number of nitrogens with zero attached hydrogens (tertiary/aromatic N) is 1. The molecule has 1 unspecified atom stereocenters. The number of aromatic amines is 1. The van der Waals surface area contributed by atoms with Gasteiger partial charge in [0.05, 0.1) is 22.5 Å². The molecule has 0 amide bonds. The number of furan rings is 1. The zero-order valence-corrected chi connectivity index (χ0v) is 17.9. The maximum atomic E-state index is 13.0. The van der Waals surface area contributed by atoms with Crippen molar-refractivity contribution in [1.29, 1.82) is 0 Å². The number of imidazole rings is 1. The summed E-state index contributed by atoms with van der Waals surface area (Å²) in [7, 11) is 0. The molecular weight excluding hydrogens is 455 g/mol. The molecule has 6 rings (SSSR count). The number of halogens is 3. The van der Waals surface area contributed by atoms with Crippen molar-refractivity contribution in [2.24, 2.45) is 0 Å². The molecule has 33 heavy (non-hydrogen) atoms. The summed E-state index contributed by atoms with van der Waals surface area (Å²) in [6, 6.07) is 7.04. The molecule has 11 heteroatoms. The number of hydrogen-bond acceptors (Lipinski definition) is 7. The Labute approximate surface area is 189 Å². The van der Waals surface area contributed by atoms with Crippen LogP contribution in [0.2, 0.25) is 0 Å². The first-order valence-corrected chi connectivity index (χ1v) is 11.3. The first-order valence-electron chi connectivity index (χ1n) is 10.5. The van der Waals surface area contributed by atoms with Gasteiger partial charge in [-0.2, -0.15) is 13.2 Å². The molecule has 0 saturated carbocycles. The molecule has 3 aromatic rings. The van der Waals surface area contributed by atoms with Crippen molar-refractivity contribution < 1.29 is 22.4 Å². The number of H-pyrrole nitrogens is 1. The van der Waals surface area contributed by atoms with Crippen LogP contribution >= 0.6 is 11.8 Å². The Morgan fingerprint density at radius 2 is 2.03 bits per heavy atom. The van der Waals surface area contributed by atoms with Gasteiger partial charge < -0.3 is 20.1 Å². The topological polar surface area (TPSA) is 95.0 Å². The van der Waals surface area contributed by atoms with Crippen molar-refractivity contribution in [2.45, 2.75) is 41.6 Å². The van der Waals surface area contributed by atoms with Crippen LogP contribution in [0, 0.1) is 0 Å². The Morgan fingerprint density at radius 3 is 2.88 bits per heavy atom. The normalized spacial score (nSPS) is 20.7. The van der Waals surface area contributed by atoms with Crippen molar-refractivity contribution in [3.05, 3.63) is 64.3 Å². The van der Waals surface area contributed by atoms with Crippen molar-refractivity contribution in [2.75, 3.05) is 6.54 Å². The van der Waals surface area contributed by atoms with E-state index >= 15 is 0 Å². The fourth-order valence-corrected chi connectivity index (χ4v) is 5.34. The third-order valence-corrected chi connectivity index (χ3v) is 6.86. The Bertz CT molecular complexity index is 1350. The lowest BCUT2D eigenvalue weighted by atomic mass is 9.78. The van der Waals surface area contributed by atoms with Gasteiger partial charge >= 0.3 is 6.18 Å². The number of nitrogens with one attached hydrogen (secondary N) is 4. The van der Waals surface area contributed by atoms with Crippen molar-refractivity contribution in [3.63, 3.8) is 0 Å². The van der Waals surface area contributed by atoms with E-state index in [0.29, 0.717) is 40.0 Å². The highest BCUT2D eigenvalue weighted by Gasteiger charge is 2.39. The molecule has 1 atom stereocenters. The van der Waals surface area contributed by atoms with E-state index < -0.39 is 11.7 Å². The molecule has 7 nitrogen and oxygen atoms in total. The minimum absolute atomic E-state index is 0.121. The van der Waals surface area contributed by atoms with Gasteiger partial charge in [-0.1, -0.05) is 0 Å². The summed E-state index contributed by atoms with van der Waals surface area (Å²) in [5, 5.41) is 4.30. The second-order valence-electron chi connectivity index (χ2n) is 8.14.